The van der Waals surface area contributed by atoms with E-state index in [4.69, 9.17) is 4.74 Å². The summed E-state index contributed by atoms with van der Waals surface area (Å²) in [4.78, 5) is 11.4. The summed E-state index contributed by atoms with van der Waals surface area (Å²) in [6.45, 7) is -0.172. The molecule has 2 fully saturated rings. The normalized spacial score (nSPS) is 31.7. The fourth-order valence-electron chi connectivity index (χ4n) is 3.57. The van der Waals surface area contributed by atoms with Gasteiger partial charge in [-0.1, -0.05) is 6.07 Å². The van der Waals surface area contributed by atoms with E-state index in [1.165, 1.54) is 12.1 Å². The Hall–Kier alpha value is -1.46. The topological polar surface area (TPSA) is 66.8 Å². The Balaban J connectivity index is 1.87. The zero-order chi connectivity index (χ0) is 14.3. The number of hydrogen-bond acceptors (Lipinski definition) is 3. The third-order valence-electron chi connectivity index (χ3n) is 4.50. The number of aliphatic carboxylic acids is 1. The largest absolute Gasteiger partial charge is 0.481 e. The maximum absolute atomic E-state index is 13.4. The molecule has 0 amide bonds. The summed E-state index contributed by atoms with van der Waals surface area (Å²) >= 11 is 0. The van der Waals surface area contributed by atoms with Crippen LogP contribution in [0.4, 0.5) is 4.39 Å². The van der Waals surface area contributed by atoms with Crippen LogP contribution < -0.4 is 0 Å². The first-order chi connectivity index (χ1) is 9.60. The van der Waals surface area contributed by atoms with Gasteiger partial charge in [-0.15, -0.1) is 0 Å². The minimum atomic E-state index is -0.843. The lowest BCUT2D eigenvalue weighted by Gasteiger charge is -2.25. The van der Waals surface area contributed by atoms with E-state index in [1.54, 1.807) is 6.07 Å². The Morgan fingerprint density at radius 1 is 1.30 bits per heavy atom. The highest BCUT2D eigenvalue weighted by atomic mass is 19.1. The van der Waals surface area contributed by atoms with Crippen LogP contribution in [0.15, 0.2) is 18.2 Å². The minimum Gasteiger partial charge on any atom is -0.481 e. The standard InChI is InChI=1S/C15H17FO4/c16-10-2-1-8(7-17)9(5-10)6-11-12-3-4-13(20-12)14(11)15(18)19/h1-2,5,11-14,17H,3-4,6-7H2,(H,18,19). The monoisotopic (exact) mass is 280 g/mol. The van der Waals surface area contributed by atoms with E-state index in [0.29, 0.717) is 17.5 Å². The molecular formula is C15H17FO4. The number of benzene rings is 1. The molecule has 2 aliphatic heterocycles. The van der Waals surface area contributed by atoms with Gasteiger partial charge in [0.1, 0.15) is 5.82 Å². The van der Waals surface area contributed by atoms with E-state index in [9.17, 15) is 19.4 Å². The summed E-state index contributed by atoms with van der Waals surface area (Å²) in [5, 5.41) is 18.7. The van der Waals surface area contributed by atoms with Crippen LogP contribution in [0.2, 0.25) is 0 Å². The molecule has 108 valence electrons. The lowest BCUT2D eigenvalue weighted by molar-refractivity contribution is -0.144. The second-order valence-electron chi connectivity index (χ2n) is 5.59. The first-order valence-electron chi connectivity index (χ1n) is 6.86. The molecule has 2 heterocycles. The summed E-state index contributed by atoms with van der Waals surface area (Å²) in [6.07, 6.45) is 1.81. The SMILES string of the molecule is O=C(O)C1C2CCC(O2)C1Cc1cc(F)ccc1CO. The lowest BCUT2D eigenvalue weighted by Crippen LogP contribution is -2.34. The molecule has 2 aliphatic rings. The van der Waals surface area contributed by atoms with Crippen LogP contribution in [0.1, 0.15) is 24.0 Å². The number of halogens is 1. The maximum Gasteiger partial charge on any atom is 0.309 e. The van der Waals surface area contributed by atoms with Gasteiger partial charge in [-0.3, -0.25) is 4.79 Å². The Labute approximate surface area is 116 Å². The number of ether oxygens (including phenoxy) is 1. The predicted molar refractivity (Wildman–Crippen MR) is 68.5 cm³/mol. The molecule has 2 saturated heterocycles. The smallest absolute Gasteiger partial charge is 0.309 e. The molecule has 4 nitrogen and oxygen atoms in total. The van der Waals surface area contributed by atoms with Crippen molar-refractivity contribution in [3.05, 3.63) is 35.1 Å². The Morgan fingerprint density at radius 2 is 2.05 bits per heavy atom. The van der Waals surface area contributed by atoms with Crippen LogP contribution in [0, 0.1) is 17.7 Å². The van der Waals surface area contributed by atoms with Gasteiger partial charge < -0.3 is 14.9 Å². The van der Waals surface area contributed by atoms with Gasteiger partial charge in [-0.05, 0) is 42.5 Å². The summed E-state index contributed by atoms with van der Waals surface area (Å²) in [6, 6.07) is 4.24. The molecule has 5 heteroatoms. The van der Waals surface area contributed by atoms with Crippen molar-refractivity contribution in [1.29, 1.82) is 0 Å². The van der Waals surface area contributed by atoms with Crippen LogP contribution in [0.5, 0.6) is 0 Å². The van der Waals surface area contributed by atoms with Crippen molar-refractivity contribution in [2.45, 2.75) is 38.1 Å². The highest BCUT2D eigenvalue weighted by Gasteiger charge is 2.52. The second-order valence-corrected chi connectivity index (χ2v) is 5.59. The quantitative estimate of drug-likeness (QED) is 0.881. The molecular weight excluding hydrogens is 263 g/mol. The molecule has 20 heavy (non-hydrogen) atoms. The Morgan fingerprint density at radius 3 is 2.75 bits per heavy atom. The van der Waals surface area contributed by atoms with E-state index in [1.807, 2.05) is 0 Å². The number of hydrogen-bond donors (Lipinski definition) is 2. The fraction of sp³-hybridized carbons (Fsp3) is 0.533. The number of aliphatic hydroxyl groups is 1. The number of aliphatic hydroxyl groups excluding tert-OH is 1. The molecule has 4 unspecified atom stereocenters. The summed E-state index contributed by atoms with van der Waals surface area (Å²) < 4.78 is 19.1. The van der Waals surface area contributed by atoms with Gasteiger partial charge >= 0.3 is 5.97 Å². The van der Waals surface area contributed by atoms with Crippen molar-refractivity contribution >= 4 is 5.97 Å². The van der Waals surface area contributed by atoms with Gasteiger partial charge in [0.2, 0.25) is 0 Å². The average molecular weight is 280 g/mol. The minimum absolute atomic E-state index is 0.0593. The molecule has 1 aromatic carbocycles. The fourth-order valence-corrected chi connectivity index (χ4v) is 3.57. The van der Waals surface area contributed by atoms with Gasteiger partial charge in [0.15, 0.2) is 0 Å². The first kappa shape index (κ1) is 13.5. The second kappa shape index (κ2) is 5.14. The molecule has 0 aromatic heterocycles. The molecule has 3 rings (SSSR count). The third-order valence-corrected chi connectivity index (χ3v) is 4.50. The van der Waals surface area contributed by atoms with Crippen molar-refractivity contribution in [3.63, 3.8) is 0 Å². The zero-order valence-electron chi connectivity index (χ0n) is 11.0. The molecule has 1 aromatic rings. The van der Waals surface area contributed by atoms with Crippen LogP contribution in [0.3, 0.4) is 0 Å². The van der Waals surface area contributed by atoms with Crippen molar-refractivity contribution in [1.82, 2.24) is 0 Å². The first-order valence-corrected chi connectivity index (χ1v) is 6.86. The van der Waals surface area contributed by atoms with Gasteiger partial charge in [-0.2, -0.15) is 0 Å². The highest BCUT2D eigenvalue weighted by molar-refractivity contribution is 5.72. The molecule has 0 spiro atoms. The molecule has 2 bridgehead atoms. The number of carboxylic acid groups (broad SMARTS) is 1. The van der Waals surface area contributed by atoms with E-state index in [-0.39, 0.29) is 30.5 Å². The third kappa shape index (κ3) is 2.21. The van der Waals surface area contributed by atoms with Gasteiger partial charge in [0, 0.05) is 5.92 Å². The van der Waals surface area contributed by atoms with Crippen LogP contribution >= 0.6 is 0 Å². The number of rotatable bonds is 4. The lowest BCUT2D eigenvalue weighted by atomic mass is 9.75. The highest BCUT2D eigenvalue weighted by Crippen LogP contribution is 2.45. The van der Waals surface area contributed by atoms with E-state index in [2.05, 4.69) is 0 Å². The molecule has 0 saturated carbocycles. The van der Waals surface area contributed by atoms with Gasteiger partial charge in [-0.25, -0.2) is 4.39 Å². The Kier molecular flexibility index (Phi) is 3.48. The number of fused-ring (bicyclic) bond motifs is 2. The summed E-state index contributed by atoms with van der Waals surface area (Å²) in [7, 11) is 0. The van der Waals surface area contributed by atoms with Crippen molar-refractivity contribution in [2.75, 3.05) is 0 Å². The van der Waals surface area contributed by atoms with Crippen LogP contribution in [-0.4, -0.2) is 28.4 Å². The van der Waals surface area contributed by atoms with Crippen molar-refractivity contribution in [3.8, 4) is 0 Å². The number of carbonyl (C=O) groups is 1. The van der Waals surface area contributed by atoms with Crippen LogP contribution in [-0.2, 0) is 22.6 Å². The molecule has 4 atom stereocenters. The summed E-state index contributed by atoms with van der Waals surface area (Å²) in [5.41, 5.74) is 1.33. The average Bonchev–Trinajstić information content (AvgIpc) is 2.99. The molecule has 0 aliphatic carbocycles. The van der Waals surface area contributed by atoms with E-state index < -0.39 is 11.9 Å². The Bertz CT molecular complexity index is 531. The van der Waals surface area contributed by atoms with Gasteiger partial charge in [0.25, 0.3) is 0 Å². The predicted octanol–water partition coefficient (Wildman–Crippen LogP) is 1.74. The number of carboxylic acids is 1. The van der Waals surface area contributed by atoms with E-state index in [0.717, 1.165) is 12.8 Å². The zero-order valence-corrected chi connectivity index (χ0v) is 11.0. The van der Waals surface area contributed by atoms with Crippen LogP contribution in [0.25, 0.3) is 0 Å². The molecule has 0 radical (unpaired) electrons. The van der Waals surface area contributed by atoms with E-state index >= 15 is 0 Å². The molecule has 2 N–H and O–H groups in total. The van der Waals surface area contributed by atoms with Gasteiger partial charge in [0.05, 0.1) is 24.7 Å². The maximum atomic E-state index is 13.4. The van der Waals surface area contributed by atoms with Crippen molar-refractivity contribution in [2.24, 2.45) is 11.8 Å². The summed E-state index contributed by atoms with van der Waals surface area (Å²) in [5.74, 6) is -1.88. The van der Waals surface area contributed by atoms with Crippen molar-refractivity contribution < 1.29 is 24.1 Å².